The van der Waals surface area contributed by atoms with E-state index in [1.54, 1.807) is 0 Å². The van der Waals surface area contributed by atoms with Crippen LogP contribution in [0.25, 0.3) is 0 Å². The van der Waals surface area contributed by atoms with Crippen molar-refractivity contribution in [1.29, 1.82) is 0 Å². The minimum atomic E-state index is 0.127. The topological polar surface area (TPSA) is 68.2 Å². The zero-order valence-corrected chi connectivity index (χ0v) is 11.9. The Morgan fingerprint density at radius 3 is 2.68 bits per heavy atom. The van der Waals surface area contributed by atoms with Gasteiger partial charge in [-0.15, -0.1) is 0 Å². The maximum Gasteiger partial charge on any atom is 0.228 e. The van der Waals surface area contributed by atoms with Crippen molar-refractivity contribution in [2.75, 3.05) is 7.05 Å². The van der Waals surface area contributed by atoms with Gasteiger partial charge < -0.3 is 15.2 Å². The van der Waals surface area contributed by atoms with Crippen LogP contribution in [0.1, 0.15) is 56.7 Å². The predicted molar refractivity (Wildman–Crippen MR) is 72.8 cm³/mol. The number of nitrogens with two attached hydrogens (primary N) is 1. The van der Waals surface area contributed by atoms with E-state index in [0.717, 1.165) is 12.2 Å². The van der Waals surface area contributed by atoms with Gasteiger partial charge in [0.25, 0.3) is 0 Å². The average molecular weight is 264 g/mol. The number of hydrogen-bond donors (Lipinski definition) is 1. The van der Waals surface area contributed by atoms with Gasteiger partial charge in [0, 0.05) is 30.5 Å². The van der Waals surface area contributed by atoms with Crippen molar-refractivity contribution in [3.8, 4) is 0 Å². The van der Waals surface area contributed by atoms with Crippen LogP contribution >= 0.6 is 0 Å². The third-order valence-corrected chi connectivity index (χ3v) is 4.91. The van der Waals surface area contributed by atoms with Crippen LogP contribution in [0, 0.1) is 0 Å². The number of nitrogens with zero attached hydrogens (tertiary/aromatic N) is 3. The van der Waals surface area contributed by atoms with E-state index in [-0.39, 0.29) is 6.04 Å². The fourth-order valence-corrected chi connectivity index (χ4v) is 3.51. The monoisotopic (exact) mass is 264 g/mol. The van der Waals surface area contributed by atoms with Crippen molar-refractivity contribution in [2.45, 2.75) is 69.5 Å². The summed E-state index contributed by atoms with van der Waals surface area (Å²) in [6.45, 7) is 2.08. The summed E-state index contributed by atoms with van der Waals surface area (Å²) in [6.07, 6.45) is 6.63. The molecule has 19 heavy (non-hydrogen) atoms. The molecule has 0 amide bonds. The molecular formula is C14H24N4O. The lowest BCUT2D eigenvalue weighted by molar-refractivity contribution is 0.157. The number of aromatic nitrogens is 2. The van der Waals surface area contributed by atoms with Gasteiger partial charge in [-0.1, -0.05) is 12.1 Å². The maximum atomic E-state index is 5.93. The average Bonchev–Trinajstić information content (AvgIpc) is 2.92. The van der Waals surface area contributed by atoms with E-state index in [2.05, 4.69) is 29.0 Å². The van der Waals surface area contributed by atoms with Crippen LogP contribution in [0.3, 0.4) is 0 Å². The van der Waals surface area contributed by atoms with Crippen LogP contribution in [-0.2, 0) is 6.42 Å². The molecule has 106 valence electrons. The Morgan fingerprint density at radius 2 is 2.05 bits per heavy atom. The summed E-state index contributed by atoms with van der Waals surface area (Å²) >= 11 is 0. The Labute approximate surface area is 114 Å². The lowest BCUT2D eigenvalue weighted by Crippen LogP contribution is -2.39. The molecule has 1 aromatic heterocycles. The summed E-state index contributed by atoms with van der Waals surface area (Å²) in [5.74, 6) is 2.09. The van der Waals surface area contributed by atoms with Crippen LogP contribution < -0.4 is 5.73 Å². The van der Waals surface area contributed by atoms with E-state index in [0.29, 0.717) is 30.3 Å². The first-order valence-electron chi connectivity index (χ1n) is 7.47. The fraction of sp³-hybridized carbons (Fsp3) is 0.857. The Bertz CT molecular complexity index is 419. The summed E-state index contributed by atoms with van der Waals surface area (Å²) < 4.78 is 5.35. The quantitative estimate of drug-likeness (QED) is 0.896. The first kappa shape index (κ1) is 13.1. The molecular weight excluding hydrogens is 240 g/mol. The summed E-state index contributed by atoms with van der Waals surface area (Å²) in [6, 6.07) is 1.55. The number of fused-ring (bicyclic) bond motifs is 2. The molecule has 3 rings (SSSR count). The first-order chi connectivity index (χ1) is 9.17. The SMILES string of the molecule is CCC(N)Cc1nc(C2CC3CCC(C2)N3C)no1. The molecule has 2 aliphatic heterocycles. The lowest BCUT2D eigenvalue weighted by atomic mass is 9.90. The largest absolute Gasteiger partial charge is 0.339 e. The van der Waals surface area contributed by atoms with E-state index in [1.165, 1.54) is 25.7 Å². The molecule has 0 saturated carbocycles. The minimum Gasteiger partial charge on any atom is -0.339 e. The molecule has 2 aliphatic rings. The second kappa shape index (κ2) is 5.21. The summed E-state index contributed by atoms with van der Waals surface area (Å²) in [7, 11) is 2.25. The van der Waals surface area contributed by atoms with Crippen molar-refractivity contribution in [3.05, 3.63) is 11.7 Å². The van der Waals surface area contributed by atoms with E-state index >= 15 is 0 Å². The van der Waals surface area contributed by atoms with Crippen LogP contribution in [0.2, 0.25) is 0 Å². The highest BCUT2D eigenvalue weighted by atomic mass is 16.5. The van der Waals surface area contributed by atoms with Gasteiger partial charge in [-0.3, -0.25) is 0 Å². The van der Waals surface area contributed by atoms with Crippen LogP contribution in [0.4, 0.5) is 0 Å². The highest BCUT2D eigenvalue weighted by molar-refractivity contribution is 5.05. The molecule has 2 bridgehead atoms. The van der Waals surface area contributed by atoms with Crippen LogP contribution in [0.5, 0.6) is 0 Å². The molecule has 3 atom stereocenters. The number of rotatable bonds is 4. The standard InChI is InChI=1S/C14H24N4O/c1-3-10(15)8-13-16-14(17-19-13)9-6-11-4-5-12(7-9)18(11)2/h9-12H,3-8,15H2,1-2H3. The predicted octanol–water partition coefficient (Wildman–Crippen LogP) is 1.69. The van der Waals surface area contributed by atoms with Gasteiger partial charge in [-0.25, -0.2) is 0 Å². The first-order valence-corrected chi connectivity index (χ1v) is 7.47. The zero-order chi connectivity index (χ0) is 13.4. The Kier molecular flexibility index (Phi) is 3.58. The molecule has 5 nitrogen and oxygen atoms in total. The van der Waals surface area contributed by atoms with Gasteiger partial charge in [0.15, 0.2) is 5.82 Å². The highest BCUT2D eigenvalue weighted by Gasteiger charge is 2.40. The van der Waals surface area contributed by atoms with Crippen LogP contribution in [0.15, 0.2) is 4.52 Å². The smallest absolute Gasteiger partial charge is 0.228 e. The molecule has 0 radical (unpaired) electrons. The van der Waals surface area contributed by atoms with Gasteiger partial charge in [0.1, 0.15) is 0 Å². The lowest BCUT2D eigenvalue weighted by Gasteiger charge is -2.34. The molecule has 5 heteroatoms. The second-order valence-corrected chi connectivity index (χ2v) is 6.14. The normalized spacial score (nSPS) is 32.7. The molecule has 2 N–H and O–H groups in total. The molecule has 3 unspecified atom stereocenters. The molecule has 1 aromatic rings. The molecule has 2 fully saturated rings. The molecule has 3 heterocycles. The van der Waals surface area contributed by atoms with Crippen molar-refractivity contribution in [2.24, 2.45) is 5.73 Å². The van der Waals surface area contributed by atoms with E-state index in [1.807, 2.05) is 0 Å². The third kappa shape index (κ3) is 2.54. The summed E-state index contributed by atoms with van der Waals surface area (Å²) in [5, 5.41) is 4.19. The van der Waals surface area contributed by atoms with Gasteiger partial charge in [-0.05, 0) is 39.2 Å². The van der Waals surface area contributed by atoms with Crippen molar-refractivity contribution < 1.29 is 4.52 Å². The Morgan fingerprint density at radius 1 is 1.37 bits per heavy atom. The van der Waals surface area contributed by atoms with Gasteiger partial charge in [0.2, 0.25) is 5.89 Å². The van der Waals surface area contributed by atoms with Crippen molar-refractivity contribution >= 4 is 0 Å². The second-order valence-electron chi connectivity index (χ2n) is 6.14. The maximum absolute atomic E-state index is 5.93. The number of hydrogen-bond acceptors (Lipinski definition) is 5. The zero-order valence-electron chi connectivity index (χ0n) is 11.9. The molecule has 0 spiro atoms. The highest BCUT2D eigenvalue weighted by Crippen LogP contribution is 2.41. The van der Waals surface area contributed by atoms with E-state index in [4.69, 9.17) is 10.3 Å². The van der Waals surface area contributed by atoms with E-state index < -0.39 is 0 Å². The van der Waals surface area contributed by atoms with Crippen molar-refractivity contribution in [3.63, 3.8) is 0 Å². The van der Waals surface area contributed by atoms with Crippen molar-refractivity contribution in [1.82, 2.24) is 15.0 Å². The fourth-order valence-electron chi connectivity index (χ4n) is 3.51. The summed E-state index contributed by atoms with van der Waals surface area (Å²) in [4.78, 5) is 7.10. The summed E-state index contributed by atoms with van der Waals surface area (Å²) in [5.41, 5.74) is 5.93. The van der Waals surface area contributed by atoms with Gasteiger partial charge in [-0.2, -0.15) is 4.98 Å². The van der Waals surface area contributed by atoms with Crippen LogP contribution in [-0.4, -0.2) is 40.2 Å². The molecule has 0 aromatic carbocycles. The van der Waals surface area contributed by atoms with E-state index in [9.17, 15) is 0 Å². The Balaban J connectivity index is 1.67. The molecule has 0 aliphatic carbocycles. The minimum absolute atomic E-state index is 0.127. The third-order valence-electron chi connectivity index (χ3n) is 4.91. The number of piperidine rings is 1. The van der Waals surface area contributed by atoms with Gasteiger partial charge in [0.05, 0.1) is 0 Å². The van der Waals surface area contributed by atoms with Gasteiger partial charge >= 0.3 is 0 Å². The molecule has 2 saturated heterocycles. The Hall–Kier alpha value is -0.940.